The molecule has 1 fully saturated rings. The molecule has 0 aliphatic carbocycles. The molecule has 1 aliphatic heterocycles. The van der Waals surface area contributed by atoms with E-state index in [-0.39, 0.29) is 6.09 Å². The van der Waals surface area contributed by atoms with Crippen molar-refractivity contribution in [2.24, 2.45) is 0 Å². The van der Waals surface area contributed by atoms with Crippen LogP contribution in [-0.2, 0) is 11.3 Å². The first kappa shape index (κ1) is 17.6. The number of benzene rings is 1. The van der Waals surface area contributed by atoms with Gasteiger partial charge < -0.3 is 19.8 Å². The summed E-state index contributed by atoms with van der Waals surface area (Å²) in [7, 11) is 0. The van der Waals surface area contributed by atoms with Gasteiger partial charge in [0.1, 0.15) is 11.2 Å². The fourth-order valence-corrected chi connectivity index (χ4v) is 3.18. The van der Waals surface area contributed by atoms with Gasteiger partial charge in [0.05, 0.1) is 6.26 Å². The third-order valence-corrected chi connectivity index (χ3v) is 4.28. The molecule has 2 N–H and O–H groups in total. The van der Waals surface area contributed by atoms with Gasteiger partial charge >= 0.3 is 6.09 Å². The van der Waals surface area contributed by atoms with E-state index in [1.54, 1.807) is 11.2 Å². The number of rotatable bonds is 2. The molecule has 2 heterocycles. The van der Waals surface area contributed by atoms with Crippen LogP contribution in [0, 0.1) is 0 Å². The van der Waals surface area contributed by atoms with E-state index in [9.17, 15) is 4.79 Å². The van der Waals surface area contributed by atoms with E-state index in [2.05, 4.69) is 4.90 Å². The number of carbonyl (C=O) groups excluding carboxylic acids is 1. The van der Waals surface area contributed by atoms with Gasteiger partial charge in [0.2, 0.25) is 0 Å². The van der Waals surface area contributed by atoms with Crippen LogP contribution in [0.2, 0.25) is 0 Å². The predicted octanol–water partition coefficient (Wildman–Crippen LogP) is 3.46. The number of carbonyl (C=O) groups is 1. The van der Waals surface area contributed by atoms with Crippen molar-refractivity contribution in [3.63, 3.8) is 0 Å². The Hall–Kier alpha value is -2.21. The second-order valence-electron chi connectivity index (χ2n) is 7.62. The van der Waals surface area contributed by atoms with Gasteiger partial charge in [0.15, 0.2) is 0 Å². The maximum atomic E-state index is 12.3. The molecule has 136 valence electrons. The molecule has 0 atom stereocenters. The van der Waals surface area contributed by atoms with E-state index in [1.807, 2.05) is 39.0 Å². The second kappa shape index (κ2) is 6.96. The van der Waals surface area contributed by atoms with Crippen molar-refractivity contribution in [3.8, 4) is 0 Å². The number of ether oxygens (including phenoxy) is 1. The van der Waals surface area contributed by atoms with Gasteiger partial charge in [-0.3, -0.25) is 4.90 Å². The van der Waals surface area contributed by atoms with E-state index in [4.69, 9.17) is 14.9 Å². The average Bonchev–Trinajstić information content (AvgIpc) is 2.84. The molecular formula is C19H27N3O3. The molecule has 1 aromatic carbocycles. The summed E-state index contributed by atoms with van der Waals surface area (Å²) in [6.07, 6.45) is 2.38. The maximum absolute atomic E-state index is 12.3. The molecule has 3 rings (SSSR count). The van der Waals surface area contributed by atoms with Crippen LogP contribution in [-0.4, -0.2) is 47.7 Å². The molecule has 25 heavy (non-hydrogen) atoms. The highest BCUT2D eigenvalue weighted by Crippen LogP contribution is 2.25. The molecule has 0 radical (unpaired) electrons. The first-order chi connectivity index (χ1) is 11.8. The lowest BCUT2D eigenvalue weighted by Crippen LogP contribution is -2.39. The van der Waals surface area contributed by atoms with Gasteiger partial charge in [-0.05, 0) is 45.4 Å². The molecule has 6 heteroatoms. The van der Waals surface area contributed by atoms with Crippen LogP contribution in [0.4, 0.5) is 10.5 Å². The first-order valence-corrected chi connectivity index (χ1v) is 8.78. The monoisotopic (exact) mass is 345 g/mol. The predicted molar refractivity (Wildman–Crippen MR) is 98.3 cm³/mol. The smallest absolute Gasteiger partial charge is 0.410 e. The van der Waals surface area contributed by atoms with Crippen molar-refractivity contribution >= 4 is 22.7 Å². The fourth-order valence-electron chi connectivity index (χ4n) is 3.18. The Morgan fingerprint density at radius 3 is 2.80 bits per heavy atom. The third kappa shape index (κ3) is 4.45. The molecule has 6 nitrogen and oxygen atoms in total. The van der Waals surface area contributed by atoms with Crippen LogP contribution in [0.25, 0.3) is 11.0 Å². The van der Waals surface area contributed by atoms with E-state index in [1.165, 1.54) is 0 Å². The lowest BCUT2D eigenvalue weighted by Gasteiger charge is -2.26. The van der Waals surface area contributed by atoms with Crippen molar-refractivity contribution in [1.82, 2.24) is 9.80 Å². The Bertz CT molecular complexity index is 748. The number of fused-ring (bicyclic) bond motifs is 1. The number of nitrogen functional groups attached to an aromatic ring is 1. The summed E-state index contributed by atoms with van der Waals surface area (Å²) < 4.78 is 11.1. The lowest BCUT2D eigenvalue weighted by atomic mass is 10.1. The van der Waals surface area contributed by atoms with Gasteiger partial charge in [-0.1, -0.05) is 0 Å². The molecule has 1 amide bonds. The largest absolute Gasteiger partial charge is 0.464 e. The minimum Gasteiger partial charge on any atom is -0.464 e. The van der Waals surface area contributed by atoms with E-state index in [0.29, 0.717) is 6.54 Å². The summed E-state index contributed by atoms with van der Waals surface area (Å²) in [5.74, 6) is 0. The topological polar surface area (TPSA) is 71.9 Å². The van der Waals surface area contributed by atoms with E-state index >= 15 is 0 Å². The van der Waals surface area contributed by atoms with Gasteiger partial charge in [-0.2, -0.15) is 0 Å². The molecule has 1 aliphatic rings. The second-order valence-corrected chi connectivity index (χ2v) is 7.62. The van der Waals surface area contributed by atoms with Gasteiger partial charge in [-0.25, -0.2) is 4.79 Å². The van der Waals surface area contributed by atoms with Crippen molar-refractivity contribution in [2.45, 2.75) is 39.3 Å². The minimum atomic E-state index is -0.463. The summed E-state index contributed by atoms with van der Waals surface area (Å²) in [5.41, 5.74) is 8.27. The zero-order chi connectivity index (χ0) is 18.0. The number of nitrogens with zero attached hydrogens (tertiary/aromatic N) is 2. The van der Waals surface area contributed by atoms with Crippen LogP contribution in [0.3, 0.4) is 0 Å². The molecule has 0 spiro atoms. The van der Waals surface area contributed by atoms with E-state index in [0.717, 1.165) is 54.8 Å². The number of amides is 1. The van der Waals surface area contributed by atoms with E-state index < -0.39 is 5.60 Å². The highest BCUT2D eigenvalue weighted by atomic mass is 16.6. The Balaban J connectivity index is 1.65. The van der Waals surface area contributed by atoms with Gasteiger partial charge in [0, 0.05) is 49.4 Å². The summed E-state index contributed by atoms with van der Waals surface area (Å²) in [6, 6.07) is 5.83. The molecule has 1 aromatic heterocycles. The number of hydrogen-bond acceptors (Lipinski definition) is 5. The van der Waals surface area contributed by atoms with Crippen molar-refractivity contribution in [1.29, 1.82) is 0 Å². The Kier molecular flexibility index (Phi) is 4.90. The van der Waals surface area contributed by atoms with Gasteiger partial charge in [0.25, 0.3) is 0 Å². The summed E-state index contributed by atoms with van der Waals surface area (Å²) in [6.45, 7) is 9.55. The van der Waals surface area contributed by atoms with Crippen LogP contribution in [0.5, 0.6) is 0 Å². The zero-order valence-electron chi connectivity index (χ0n) is 15.2. The Labute approximate surface area is 148 Å². The number of furan rings is 1. The van der Waals surface area contributed by atoms with Crippen molar-refractivity contribution < 1.29 is 13.9 Å². The Morgan fingerprint density at radius 2 is 2.04 bits per heavy atom. The first-order valence-electron chi connectivity index (χ1n) is 8.78. The summed E-state index contributed by atoms with van der Waals surface area (Å²) >= 11 is 0. The molecule has 2 aromatic rings. The van der Waals surface area contributed by atoms with Crippen LogP contribution in [0.15, 0.2) is 28.9 Å². The highest BCUT2D eigenvalue weighted by Gasteiger charge is 2.24. The number of hydrogen-bond donors (Lipinski definition) is 1. The lowest BCUT2D eigenvalue weighted by molar-refractivity contribution is 0.0257. The average molecular weight is 345 g/mol. The number of nitrogens with two attached hydrogens (primary N) is 1. The summed E-state index contributed by atoms with van der Waals surface area (Å²) in [5, 5.41) is 1.03. The van der Waals surface area contributed by atoms with Crippen LogP contribution < -0.4 is 5.73 Å². The molecule has 0 saturated carbocycles. The molecule has 0 bridgehead atoms. The quantitative estimate of drug-likeness (QED) is 0.844. The fraction of sp³-hybridized carbons (Fsp3) is 0.526. The van der Waals surface area contributed by atoms with Crippen LogP contribution in [0.1, 0.15) is 32.8 Å². The molecule has 1 saturated heterocycles. The SMILES string of the molecule is CC(C)(C)OC(=O)N1CCCN(Cc2cc(N)cc3ccoc23)CC1. The maximum Gasteiger partial charge on any atom is 0.410 e. The zero-order valence-corrected chi connectivity index (χ0v) is 15.2. The normalized spacial score (nSPS) is 16.8. The molecule has 0 unspecified atom stereocenters. The van der Waals surface area contributed by atoms with Gasteiger partial charge in [-0.15, -0.1) is 0 Å². The molecular weight excluding hydrogens is 318 g/mol. The highest BCUT2D eigenvalue weighted by molar-refractivity contribution is 5.83. The standard InChI is InChI=1S/C19H27N3O3/c1-19(2,3)25-18(23)22-7-4-6-21(8-9-22)13-15-12-16(20)11-14-5-10-24-17(14)15/h5,10-12H,4,6-9,13,20H2,1-3H3. The summed E-state index contributed by atoms with van der Waals surface area (Å²) in [4.78, 5) is 16.4. The van der Waals surface area contributed by atoms with Crippen molar-refractivity contribution in [3.05, 3.63) is 30.0 Å². The third-order valence-electron chi connectivity index (χ3n) is 4.28. The van der Waals surface area contributed by atoms with Crippen molar-refractivity contribution in [2.75, 3.05) is 31.9 Å². The van der Waals surface area contributed by atoms with Crippen LogP contribution >= 0.6 is 0 Å². The Morgan fingerprint density at radius 1 is 1.24 bits per heavy atom. The minimum absolute atomic E-state index is 0.230. The number of anilines is 1.